The van der Waals surface area contributed by atoms with Crippen molar-refractivity contribution in [3.8, 4) is 0 Å². The van der Waals surface area contributed by atoms with Gasteiger partial charge in [-0.05, 0) is 47.6 Å². The monoisotopic (exact) mass is 372 g/mol. The van der Waals surface area contributed by atoms with Gasteiger partial charge in [0.25, 0.3) is 5.91 Å². The lowest BCUT2D eigenvalue weighted by atomic mass is 10.1. The van der Waals surface area contributed by atoms with Crippen LogP contribution in [0.15, 0.2) is 18.2 Å². The molecule has 1 saturated heterocycles. The molecular formula is C13H13IN2O3. The van der Waals surface area contributed by atoms with Gasteiger partial charge in [-0.25, -0.2) is 0 Å². The average molecular weight is 372 g/mol. The molecule has 0 bridgehead atoms. The highest BCUT2D eigenvalue weighted by molar-refractivity contribution is 14.1. The summed E-state index contributed by atoms with van der Waals surface area (Å²) in [5.74, 6) is -1.02. The third-order valence-corrected chi connectivity index (χ3v) is 4.41. The molecule has 6 heteroatoms. The number of rotatable bonds is 2. The van der Waals surface area contributed by atoms with E-state index in [1.54, 1.807) is 12.1 Å². The highest BCUT2D eigenvalue weighted by atomic mass is 127. The highest BCUT2D eigenvalue weighted by Crippen LogP contribution is 2.17. The lowest BCUT2D eigenvalue weighted by Gasteiger charge is -2.22. The average Bonchev–Trinajstić information content (AvgIpc) is 2.36. The van der Waals surface area contributed by atoms with Crippen LogP contribution in [0.2, 0.25) is 0 Å². The van der Waals surface area contributed by atoms with E-state index in [1.165, 1.54) is 0 Å². The van der Waals surface area contributed by atoms with Crippen molar-refractivity contribution >= 4 is 40.3 Å². The summed E-state index contributed by atoms with van der Waals surface area (Å²) in [6.45, 7) is 1.92. The molecule has 0 aliphatic carbocycles. The minimum atomic E-state index is -0.637. The maximum atomic E-state index is 12.1. The number of aryl methyl sites for hydroxylation is 1. The van der Waals surface area contributed by atoms with Crippen LogP contribution in [0.1, 0.15) is 28.8 Å². The summed E-state index contributed by atoms with van der Waals surface area (Å²) in [5.41, 5.74) is 1.56. The van der Waals surface area contributed by atoms with Crippen molar-refractivity contribution < 1.29 is 14.4 Å². The fraction of sp³-hybridized carbons (Fsp3) is 0.308. The first-order chi connectivity index (χ1) is 8.99. The van der Waals surface area contributed by atoms with E-state index in [-0.39, 0.29) is 18.2 Å². The molecule has 1 aromatic rings. The van der Waals surface area contributed by atoms with Crippen LogP contribution in [-0.4, -0.2) is 23.8 Å². The molecule has 2 N–H and O–H groups in total. The zero-order valence-corrected chi connectivity index (χ0v) is 12.5. The van der Waals surface area contributed by atoms with E-state index in [0.717, 1.165) is 9.13 Å². The zero-order valence-electron chi connectivity index (χ0n) is 10.3. The molecule has 0 saturated carbocycles. The van der Waals surface area contributed by atoms with Crippen molar-refractivity contribution in [2.24, 2.45) is 0 Å². The lowest BCUT2D eigenvalue weighted by Crippen LogP contribution is -2.52. The molecule has 0 spiro atoms. The summed E-state index contributed by atoms with van der Waals surface area (Å²) in [5, 5.41) is 4.88. The first-order valence-electron chi connectivity index (χ1n) is 5.88. The molecule has 0 radical (unpaired) electrons. The number of piperidine rings is 1. The number of amides is 3. The predicted molar refractivity (Wildman–Crippen MR) is 77.5 cm³/mol. The molecule has 1 aromatic carbocycles. The minimum Gasteiger partial charge on any atom is -0.340 e. The molecule has 3 amide bonds. The Morgan fingerprint density at radius 2 is 2.16 bits per heavy atom. The standard InChI is InChI=1S/C13H13IN2O3/c1-7-3-2-4-8(11(7)14)12(18)15-9-5-6-10(17)16-13(9)19/h2-4,9H,5-6H2,1H3,(H,15,18)(H,16,17,19). The number of imide groups is 1. The van der Waals surface area contributed by atoms with Crippen LogP contribution >= 0.6 is 22.6 Å². The Morgan fingerprint density at radius 1 is 1.42 bits per heavy atom. The molecule has 1 unspecified atom stereocenters. The SMILES string of the molecule is Cc1cccc(C(=O)NC2CCC(=O)NC2=O)c1I. The van der Waals surface area contributed by atoms with Crippen molar-refractivity contribution in [3.05, 3.63) is 32.9 Å². The van der Waals surface area contributed by atoms with Crippen LogP contribution in [0, 0.1) is 10.5 Å². The Bertz CT molecular complexity index is 557. The second-order valence-electron chi connectivity index (χ2n) is 4.41. The topological polar surface area (TPSA) is 75.3 Å². The molecule has 1 fully saturated rings. The maximum absolute atomic E-state index is 12.1. The van der Waals surface area contributed by atoms with Gasteiger partial charge in [-0.2, -0.15) is 0 Å². The number of hydrogen-bond donors (Lipinski definition) is 2. The lowest BCUT2D eigenvalue weighted by molar-refractivity contribution is -0.134. The third-order valence-electron chi connectivity index (χ3n) is 2.98. The van der Waals surface area contributed by atoms with Gasteiger partial charge in [0, 0.05) is 9.99 Å². The van der Waals surface area contributed by atoms with E-state index in [9.17, 15) is 14.4 Å². The number of hydrogen-bond acceptors (Lipinski definition) is 3. The molecule has 0 aromatic heterocycles. The Morgan fingerprint density at radius 3 is 2.84 bits per heavy atom. The summed E-state index contributed by atoms with van der Waals surface area (Å²) in [6.07, 6.45) is 0.598. The Labute approximate surface area is 124 Å². The Hall–Kier alpha value is -1.44. The van der Waals surface area contributed by atoms with Gasteiger partial charge in [0.1, 0.15) is 6.04 Å². The number of carbonyl (C=O) groups is 3. The number of nitrogens with one attached hydrogen (secondary N) is 2. The van der Waals surface area contributed by atoms with Gasteiger partial charge in [-0.1, -0.05) is 12.1 Å². The molecule has 1 atom stereocenters. The van der Waals surface area contributed by atoms with Gasteiger partial charge in [-0.3, -0.25) is 19.7 Å². The largest absolute Gasteiger partial charge is 0.340 e. The maximum Gasteiger partial charge on any atom is 0.253 e. The number of carbonyl (C=O) groups excluding carboxylic acids is 3. The van der Waals surface area contributed by atoms with E-state index in [2.05, 4.69) is 33.2 Å². The van der Waals surface area contributed by atoms with Crippen molar-refractivity contribution in [2.45, 2.75) is 25.8 Å². The second kappa shape index (κ2) is 5.68. The van der Waals surface area contributed by atoms with Crippen molar-refractivity contribution in [2.75, 3.05) is 0 Å². The quantitative estimate of drug-likeness (QED) is 0.604. The fourth-order valence-electron chi connectivity index (χ4n) is 1.89. The Kier molecular flexibility index (Phi) is 4.18. The Balaban J connectivity index is 2.11. The second-order valence-corrected chi connectivity index (χ2v) is 5.49. The van der Waals surface area contributed by atoms with Gasteiger partial charge in [0.05, 0.1) is 5.56 Å². The summed E-state index contributed by atoms with van der Waals surface area (Å²) < 4.78 is 0.866. The van der Waals surface area contributed by atoms with Gasteiger partial charge in [-0.15, -0.1) is 0 Å². The number of halogens is 1. The first kappa shape index (κ1) is 14.0. The van der Waals surface area contributed by atoms with Crippen molar-refractivity contribution in [3.63, 3.8) is 0 Å². The fourth-order valence-corrected chi connectivity index (χ4v) is 2.49. The predicted octanol–water partition coefficient (Wildman–Crippen LogP) is 1.13. The first-order valence-corrected chi connectivity index (χ1v) is 6.96. The van der Waals surface area contributed by atoms with Crippen LogP contribution in [-0.2, 0) is 9.59 Å². The van der Waals surface area contributed by atoms with E-state index < -0.39 is 11.9 Å². The molecule has 1 aliphatic heterocycles. The molecule has 1 aliphatic rings. The minimum absolute atomic E-state index is 0.252. The zero-order chi connectivity index (χ0) is 14.0. The smallest absolute Gasteiger partial charge is 0.253 e. The van der Waals surface area contributed by atoms with Gasteiger partial charge < -0.3 is 5.32 Å². The third kappa shape index (κ3) is 3.12. The van der Waals surface area contributed by atoms with Crippen LogP contribution in [0.4, 0.5) is 0 Å². The van der Waals surface area contributed by atoms with Crippen LogP contribution in [0.3, 0.4) is 0 Å². The van der Waals surface area contributed by atoms with Gasteiger partial charge in [0.2, 0.25) is 11.8 Å². The van der Waals surface area contributed by atoms with E-state index in [1.807, 2.05) is 13.0 Å². The van der Waals surface area contributed by atoms with Crippen LogP contribution in [0.5, 0.6) is 0 Å². The summed E-state index contributed by atoms with van der Waals surface area (Å²) in [6, 6.07) is 4.80. The van der Waals surface area contributed by atoms with Crippen molar-refractivity contribution in [1.29, 1.82) is 0 Å². The highest BCUT2D eigenvalue weighted by Gasteiger charge is 2.28. The van der Waals surface area contributed by atoms with E-state index in [4.69, 9.17) is 0 Å². The normalized spacial score (nSPS) is 18.9. The van der Waals surface area contributed by atoms with Gasteiger partial charge in [0.15, 0.2) is 0 Å². The van der Waals surface area contributed by atoms with Gasteiger partial charge >= 0.3 is 0 Å². The summed E-state index contributed by atoms with van der Waals surface area (Å²) >= 11 is 2.11. The van der Waals surface area contributed by atoms with Crippen molar-refractivity contribution in [1.82, 2.24) is 10.6 Å². The molecule has 19 heavy (non-hydrogen) atoms. The van der Waals surface area contributed by atoms with E-state index >= 15 is 0 Å². The molecule has 1 heterocycles. The summed E-state index contributed by atoms with van der Waals surface area (Å²) in [7, 11) is 0. The van der Waals surface area contributed by atoms with E-state index in [0.29, 0.717) is 12.0 Å². The molecule has 5 nitrogen and oxygen atoms in total. The molecule has 100 valence electrons. The summed E-state index contributed by atoms with van der Waals surface area (Å²) in [4.78, 5) is 34.7. The van der Waals surface area contributed by atoms with Crippen LogP contribution < -0.4 is 10.6 Å². The molecular weight excluding hydrogens is 359 g/mol. The molecule has 2 rings (SSSR count). The van der Waals surface area contributed by atoms with Crippen LogP contribution in [0.25, 0.3) is 0 Å². The number of benzene rings is 1.